The van der Waals surface area contributed by atoms with Crippen molar-refractivity contribution in [2.75, 3.05) is 5.73 Å². The normalized spacial score (nSPS) is 10.7. The van der Waals surface area contributed by atoms with E-state index in [9.17, 15) is 4.79 Å². The summed E-state index contributed by atoms with van der Waals surface area (Å²) < 4.78 is 1.97. The van der Waals surface area contributed by atoms with Gasteiger partial charge >= 0.3 is 0 Å². The van der Waals surface area contributed by atoms with Crippen LogP contribution in [0.1, 0.15) is 15.2 Å². The number of anilines is 1. The van der Waals surface area contributed by atoms with E-state index in [4.69, 9.17) is 5.73 Å². The molecule has 0 aliphatic rings. The van der Waals surface area contributed by atoms with E-state index >= 15 is 0 Å². The summed E-state index contributed by atoms with van der Waals surface area (Å²) in [4.78, 5) is 12.9. The fraction of sp³-hybridized carbons (Fsp3) is 0.0625. The lowest BCUT2D eigenvalue weighted by atomic mass is 10.2. The van der Waals surface area contributed by atoms with E-state index in [2.05, 4.69) is 21.2 Å². The van der Waals surface area contributed by atoms with Crippen LogP contribution in [0.15, 0.2) is 53.0 Å². The van der Waals surface area contributed by atoms with Gasteiger partial charge in [-0.05, 0) is 23.8 Å². The lowest BCUT2D eigenvalue weighted by Crippen LogP contribution is -2.22. The first-order valence-corrected chi connectivity index (χ1v) is 8.06. The lowest BCUT2D eigenvalue weighted by Gasteiger charge is -2.04. The molecule has 1 aromatic heterocycles. The van der Waals surface area contributed by atoms with Crippen LogP contribution in [0.5, 0.6) is 0 Å². The molecule has 0 spiro atoms. The summed E-state index contributed by atoms with van der Waals surface area (Å²) in [6.45, 7) is 0.497. The van der Waals surface area contributed by atoms with Crippen LogP contribution in [0, 0.1) is 0 Å². The molecule has 106 valence electrons. The second-order valence-corrected chi connectivity index (χ2v) is 6.62. The predicted octanol–water partition coefficient (Wildman–Crippen LogP) is 4.18. The van der Waals surface area contributed by atoms with Crippen molar-refractivity contribution >= 4 is 48.9 Å². The molecule has 2 aromatic carbocycles. The minimum absolute atomic E-state index is 0.131. The summed E-state index contributed by atoms with van der Waals surface area (Å²) in [6.07, 6.45) is 0. The van der Waals surface area contributed by atoms with E-state index < -0.39 is 0 Å². The summed E-state index contributed by atoms with van der Waals surface area (Å²) in [7, 11) is 0. The molecule has 0 bridgehead atoms. The zero-order chi connectivity index (χ0) is 14.8. The van der Waals surface area contributed by atoms with Crippen LogP contribution in [-0.4, -0.2) is 5.91 Å². The Hall–Kier alpha value is -1.85. The molecule has 5 heteroatoms. The van der Waals surface area contributed by atoms with E-state index in [1.165, 1.54) is 11.3 Å². The average molecular weight is 361 g/mol. The fourth-order valence-corrected chi connectivity index (χ4v) is 3.50. The first-order valence-electron chi connectivity index (χ1n) is 6.45. The number of nitrogens with one attached hydrogen (secondary N) is 1. The number of amides is 1. The summed E-state index contributed by atoms with van der Waals surface area (Å²) in [5, 5.41) is 3.83. The molecule has 0 saturated carbocycles. The van der Waals surface area contributed by atoms with Crippen molar-refractivity contribution in [2.45, 2.75) is 6.54 Å². The van der Waals surface area contributed by atoms with Crippen molar-refractivity contribution in [3.05, 3.63) is 63.4 Å². The molecule has 3 aromatic rings. The number of fused-ring (bicyclic) bond motifs is 1. The Morgan fingerprint density at radius 1 is 1.19 bits per heavy atom. The van der Waals surface area contributed by atoms with Crippen LogP contribution in [0.4, 0.5) is 5.69 Å². The molecule has 1 amide bonds. The number of nitrogen functional groups attached to an aromatic ring is 1. The molecule has 0 atom stereocenters. The minimum Gasteiger partial charge on any atom is -0.397 e. The molecular weight excluding hydrogens is 348 g/mol. The Labute approximate surface area is 134 Å². The highest BCUT2D eigenvalue weighted by Crippen LogP contribution is 2.35. The summed E-state index contributed by atoms with van der Waals surface area (Å²) >= 11 is 4.84. The highest BCUT2D eigenvalue weighted by molar-refractivity contribution is 9.10. The third-order valence-electron chi connectivity index (χ3n) is 3.19. The first-order chi connectivity index (χ1) is 10.1. The van der Waals surface area contributed by atoms with Gasteiger partial charge in [0.05, 0.1) is 5.69 Å². The number of carbonyl (C=O) groups is 1. The smallest absolute Gasteiger partial charge is 0.263 e. The van der Waals surface area contributed by atoms with Crippen molar-refractivity contribution < 1.29 is 4.79 Å². The predicted molar refractivity (Wildman–Crippen MR) is 91.5 cm³/mol. The van der Waals surface area contributed by atoms with Gasteiger partial charge in [0.15, 0.2) is 0 Å². The Morgan fingerprint density at radius 2 is 1.95 bits per heavy atom. The second-order valence-electron chi connectivity index (χ2n) is 4.65. The van der Waals surface area contributed by atoms with Gasteiger partial charge in [-0.25, -0.2) is 0 Å². The molecule has 3 nitrogen and oxygen atoms in total. The highest BCUT2D eigenvalue weighted by atomic mass is 79.9. The number of benzene rings is 2. The van der Waals surface area contributed by atoms with Gasteiger partial charge in [-0.1, -0.05) is 46.3 Å². The van der Waals surface area contributed by atoms with Crippen LogP contribution in [-0.2, 0) is 6.54 Å². The van der Waals surface area contributed by atoms with Gasteiger partial charge in [-0.3, -0.25) is 4.79 Å². The molecule has 3 N–H and O–H groups in total. The van der Waals surface area contributed by atoms with E-state index in [-0.39, 0.29) is 5.91 Å². The van der Waals surface area contributed by atoms with E-state index in [0.29, 0.717) is 17.1 Å². The van der Waals surface area contributed by atoms with Gasteiger partial charge < -0.3 is 11.1 Å². The van der Waals surface area contributed by atoms with Gasteiger partial charge in [-0.2, -0.15) is 0 Å². The summed E-state index contributed by atoms with van der Waals surface area (Å²) in [6, 6.07) is 15.7. The quantitative estimate of drug-likeness (QED) is 0.736. The number of hydrogen-bond donors (Lipinski definition) is 2. The molecule has 0 radical (unpaired) electrons. The number of thiophene rings is 1. The van der Waals surface area contributed by atoms with Crippen molar-refractivity contribution in [1.29, 1.82) is 0 Å². The summed E-state index contributed by atoms with van der Waals surface area (Å²) in [5.74, 6) is -0.131. The van der Waals surface area contributed by atoms with Crippen molar-refractivity contribution in [1.82, 2.24) is 5.32 Å². The number of nitrogens with two attached hydrogens (primary N) is 1. The molecule has 0 aliphatic heterocycles. The van der Waals surface area contributed by atoms with E-state index in [1.807, 2.05) is 48.5 Å². The molecule has 0 aliphatic carbocycles. The fourth-order valence-electron chi connectivity index (χ4n) is 2.12. The topological polar surface area (TPSA) is 55.1 Å². The minimum atomic E-state index is -0.131. The zero-order valence-electron chi connectivity index (χ0n) is 11.1. The average Bonchev–Trinajstić information content (AvgIpc) is 2.83. The van der Waals surface area contributed by atoms with Crippen LogP contribution in [0.2, 0.25) is 0 Å². The number of hydrogen-bond acceptors (Lipinski definition) is 3. The van der Waals surface area contributed by atoms with Crippen molar-refractivity contribution in [3.8, 4) is 0 Å². The lowest BCUT2D eigenvalue weighted by molar-refractivity contribution is 0.0956. The maximum absolute atomic E-state index is 12.3. The number of rotatable bonds is 3. The largest absolute Gasteiger partial charge is 0.397 e. The maximum Gasteiger partial charge on any atom is 0.263 e. The third kappa shape index (κ3) is 2.94. The molecule has 21 heavy (non-hydrogen) atoms. The molecule has 0 saturated heterocycles. The molecular formula is C16H13BrN2OS. The standard InChI is InChI=1S/C16H13BrN2OS/c17-11-6-7-13-12(8-11)14(18)15(21-13)16(20)19-9-10-4-2-1-3-5-10/h1-8H,9,18H2,(H,19,20). The zero-order valence-corrected chi connectivity index (χ0v) is 13.5. The van der Waals surface area contributed by atoms with E-state index in [0.717, 1.165) is 20.1 Å². The third-order valence-corrected chi connectivity index (χ3v) is 4.87. The SMILES string of the molecule is Nc1c(C(=O)NCc2ccccc2)sc2ccc(Br)cc12. The molecule has 1 heterocycles. The van der Waals surface area contributed by atoms with Gasteiger partial charge in [0.2, 0.25) is 0 Å². The van der Waals surface area contributed by atoms with Crippen LogP contribution < -0.4 is 11.1 Å². The number of carbonyl (C=O) groups excluding carboxylic acids is 1. The van der Waals surface area contributed by atoms with E-state index in [1.54, 1.807) is 0 Å². The maximum atomic E-state index is 12.3. The van der Waals surface area contributed by atoms with Gasteiger partial charge in [-0.15, -0.1) is 11.3 Å². The molecule has 0 unspecified atom stereocenters. The summed E-state index contributed by atoms with van der Waals surface area (Å²) in [5.41, 5.74) is 7.71. The second kappa shape index (κ2) is 5.87. The van der Waals surface area contributed by atoms with Crippen LogP contribution in [0.25, 0.3) is 10.1 Å². The van der Waals surface area contributed by atoms with Crippen LogP contribution in [0.3, 0.4) is 0 Å². The van der Waals surface area contributed by atoms with Crippen LogP contribution >= 0.6 is 27.3 Å². The first kappa shape index (κ1) is 14.1. The van der Waals surface area contributed by atoms with Gasteiger partial charge in [0.1, 0.15) is 4.88 Å². The van der Waals surface area contributed by atoms with Crippen molar-refractivity contribution in [2.24, 2.45) is 0 Å². The van der Waals surface area contributed by atoms with Gasteiger partial charge in [0, 0.05) is 21.1 Å². The van der Waals surface area contributed by atoms with Crippen molar-refractivity contribution in [3.63, 3.8) is 0 Å². The Kier molecular flexibility index (Phi) is 3.94. The monoisotopic (exact) mass is 360 g/mol. The number of halogens is 1. The highest BCUT2D eigenvalue weighted by Gasteiger charge is 2.16. The molecule has 0 fully saturated rings. The Morgan fingerprint density at radius 3 is 2.71 bits per heavy atom. The Bertz CT molecular complexity index is 799. The van der Waals surface area contributed by atoms with Gasteiger partial charge in [0.25, 0.3) is 5.91 Å². The molecule has 3 rings (SSSR count). The Balaban J connectivity index is 1.83.